The van der Waals surface area contributed by atoms with Crippen LogP contribution in [0.15, 0.2) is 30.6 Å². The highest BCUT2D eigenvalue weighted by Gasteiger charge is 2.15. The summed E-state index contributed by atoms with van der Waals surface area (Å²) in [5.74, 6) is 0.0990. The number of nitrogens with one attached hydrogen (secondary N) is 2. The molecule has 104 valence electrons. The van der Waals surface area contributed by atoms with Crippen molar-refractivity contribution in [3.05, 3.63) is 41.7 Å². The lowest BCUT2D eigenvalue weighted by atomic mass is 10.0. The fraction of sp³-hybridized carbons (Fsp3) is 0.333. The Labute approximate surface area is 118 Å². The van der Waals surface area contributed by atoms with E-state index >= 15 is 0 Å². The highest BCUT2D eigenvalue weighted by atomic mass is 16.1. The minimum Gasteiger partial charge on any atom is -0.378 e. The van der Waals surface area contributed by atoms with Crippen LogP contribution in [0.25, 0.3) is 0 Å². The van der Waals surface area contributed by atoms with Crippen LogP contribution in [-0.4, -0.2) is 15.7 Å². The van der Waals surface area contributed by atoms with Crippen LogP contribution in [0.1, 0.15) is 30.5 Å². The Bertz CT molecular complexity index is 647. The van der Waals surface area contributed by atoms with Crippen molar-refractivity contribution < 1.29 is 4.79 Å². The van der Waals surface area contributed by atoms with E-state index in [4.69, 9.17) is 0 Å². The molecule has 1 aromatic carbocycles. The number of aryl methyl sites for hydroxylation is 2. The summed E-state index contributed by atoms with van der Waals surface area (Å²) >= 11 is 0. The van der Waals surface area contributed by atoms with Crippen molar-refractivity contribution in [2.75, 3.05) is 10.6 Å². The molecule has 0 saturated carbocycles. The van der Waals surface area contributed by atoms with Crippen molar-refractivity contribution in [1.29, 1.82) is 0 Å². The molecule has 0 radical (unpaired) electrons. The van der Waals surface area contributed by atoms with Crippen LogP contribution < -0.4 is 10.6 Å². The summed E-state index contributed by atoms with van der Waals surface area (Å²) in [7, 11) is 1.91. The maximum absolute atomic E-state index is 11.3. The van der Waals surface area contributed by atoms with Crippen LogP contribution in [0, 0.1) is 0 Å². The first-order chi connectivity index (χ1) is 9.61. The predicted molar refractivity (Wildman–Crippen MR) is 78.6 cm³/mol. The Kier molecular flexibility index (Phi) is 3.18. The molecular formula is C15H18N4O. The molecule has 1 amide bonds. The molecule has 0 aliphatic carbocycles. The van der Waals surface area contributed by atoms with E-state index < -0.39 is 0 Å². The summed E-state index contributed by atoms with van der Waals surface area (Å²) in [6, 6.07) is 6.27. The molecule has 1 aliphatic heterocycles. The average molecular weight is 270 g/mol. The van der Waals surface area contributed by atoms with Gasteiger partial charge < -0.3 is 10.6 Å². The van der Waals surface area contributed by atoms with Crippen LogP contribution in [0.5, 0.6) is 0 Å². The molecule has 1 aromatic heterocycles. The van der Waals surface area contributed by atoms with Gasteiger partial charge in [0, 0.05) is 36.6 Å². The van der Waals surface area contributed by atoms with E-state index in [9.17, 15) is 4.79 Å². The number of hydrogen-bond acceptors (Lipinski definition) is 3. The third-order valence-electron chi connectivity index (χ3n) is 3.61. The fourth-order valence-electron chi connectivity index (χ4n) is 2.47. The van der Waals surface area contributed by atoms with Gasteiger partial charge in [0.1, 0.15) is 0 Å². The van der Waals surface area contributed by atoms with Gasteiger partial charge in [-0.05, 0) is 37.1 Å². The van der Waals surface area contributed by atoms with E-state index in [1.807, 2.05) is 31.6 Å². The lowest BCUT2D eigenvalue weighted by Crippen LogP contribution is -2.19. The summed E-state index contributed by atoms with van der Waals surface area (Å²) in [6.45, 7) is 2.11. The molecule has 2 aromatic rings. The SMILES string of the molecule is CC(Nc1ccc2c(c1)CCC(=O)N2)c1cnn(C)c1. The highest BCUT2D eigenvalue weighted by Crippen LogP contribution is 2.27. The third-order valence-corrected chi connectivity index (χ3v) is 3.61. The monoisotopic (exact) mass is 270 g/mol. The molecule has 2 N–H and O–H groups in total. The molecule has 2 heterocycles. The standard InChI is InChI=1S/C15H18N4O/c1-10(12-8-16-19(2)9-12)17-13-4-5-14-11(7-13)3-6-15(20)18-14/h4-5,7-10,17H,3,6H2,1-2H3,(H,18,20). The molecule has 1 atom stereocenters. The van der Waals surface area contributed by atoms with Crippen molar-refractivity contribution in [3.63, 3.8) is 0 Å². The number of benzene rings is 1. The first-order valence-corrected chi connectivity index (χ1v) is 6.79. The van der Waals surface area contributed by atoms with Crippen molar-refractivity contribution in [1.82, 2.24) is 9.78 Å². The minimum atomic E-state index is 0.0990. The number of anilines is 2. The summed E-state index contributed by atoms with van der Waals surface area (Å²) < 4.78 is 1.80. The minimum absolute atomic E-state index is 0.0990. The second-order valence-electron chi connectivity index (χ2n) is 5.23. The Morgan fingerprint density at radius 1 is 1.40 bits per heavy atom. The van der Waals surface area contributed by atoms with Crippen molar-refractivity contribution in [2.45, 2.75) is 25.8 Å². The van der Waals surface area contributed by atoms with Crippen LogP contribution >= 0.6 is 0 Å². The average Bonchev–Trinajstić information content (AvgIpc) is 2.86. The smallest absolute Gasteiger partial charge is 0.224 e. The van der Waals surface area contributed by atoms with Gasteiger partial charge in [0.25, 0.3) is 0 Å². The summed E-state index contributed by atoms with van der Waals surface area (Å²) in [5, 5.41) is 10.5. The van der Waals surface area contributed by atoms with Gasteiger partial charge in [0.15, 0.2) is 0 Å². The molecule has 3 rings (SSSR count). The molecule has 5 nitrogen and oxygen atoms in total. The number of nitrogens with zero attached hydrogens (tertiary/aromatic N) is 2. The van der Waals surface area contributed by atoms with Gasteiger partial charge >= 0.3 is 0 Å². The van der Waals surface area contributed by atoms with E-state index in [0.29, 0.717) is 6.42 Å². The number of aromatic nitrogens is 2. The van der Waals surface area contributed by atoms with E-state index in [-0.39, 0.29) is 11.9 Å². The maximum atomic E-state index is 11.3. The van der Waals surface area contributed by atoms with Gasteiger partial charge in [-0.1, -0.05) is 0 Å². The van der Waals surface area contributed by atoms with Gasteiger partial charge in [-0.25, -0.2) is 0 Å². The molecule has 1 aliphatic rings. The Morgan fingerprint density at radius 3 is 3.00 bits per heavy atom. The lowest BCUT2D eigenvalue weighted by molar-refractivity contribution is -0.116. The zero-order valence-corrected chi connectivity index (χ0v) is 11.7. The quantitative estimate of drug-likeness (QED) is 0.900. The van der Waals surface area contributed by atoms with Gasteiger partial charge in [0.2, 0.25) is 5.91 Å². The number of amides is 1. The maximum Gasteiger partial charge on any atom is 0.224 e. The summed E-state index contributed by atoms with van der Waals surface area (Å²) in [4.78, 5) is 11.3. The van der Waals surface area contributed by atoms with Crippen LogP contribution in [0.4, 0.5) is 11.4 Å². The van der Waals surface area contributed by atoms with Gasteiger partial charge in [-0.2, -0.15) is 5.10 Å². The number of rotatable bonds is 3. The molecular weight excluding hydrogens is 252 g/mol. The Morgan fingerprint density at radius 2 is 2.25 bits per heavy atom. The predicted octanol–water partition coefficient (Wildman–Crippen LogP) is 2.48. The molecule has 1 unspecified atom stereocenters. The fourth-order valence-corrected chi connectivity index (χ4v) is 2.47. The van der Waals surface area contributed by atoms with Crippen LogP contribution in [0.2, 0.25) is 0 Å². The summed E-state index contributed by atoms with van der Waals surface area (Å²) in [5.41, 5.74) is 4.34. The Hall–Kier alpha value is -2.30. The van der Waals surface area contributed by atoms with Gasteiger partial charge in [-0.3, -0.25) is 9.48 Å². The largest absolute Gasteiger partial charge is 0.378 e. The first-order valence-electron chi connectivity index (χ1n) is 6.79. The normalized spacial score (nSPS) is 15.4. The Balaban J connectivity index is 1.76. The second kappa shape index (κ2) is 5.00. The van der Waals surface area contributed by atoms with E-state index in [0.717, 1.165) is 23.4 Å². The number of hydrogen-bond donors (Lipinski definition) is 2. The lowest BCUT2D eigenvalue weighted by Gasteiger charge is -2.19. The molecule has 0 spiro atoms. The van der Waals surface area contributed by atoms with Gasteiger partial charge in [-0.15, -0.1) is 0 Å². The molecule has 0 saturated heterocycles. The zero-order valence-electron chi connectivity index (χ0n) is 11.7. The first kappa shape index (κ1) is 12.7. The summed E-state index contributed by atoms with van der Waals surface area (Å²) in [6.07, 6.45) is 5.25. The number of carbonyl (C=O) groups excluding carboxylic acids is 1. The van der Waals surface area contributed by atoms with Crippen molar-refractivity contribution in [3.8, 4) is 0 Å². The number of fused-ring (bicyclic) bond motifs is 1. The molecule has 0 bridgehead atoms. The second-order valence-corrected chi connectivity index (χ2v) is 5.23. The van der Waals surface area contributed by atoms with Crippen LogP contribution in [0.3, 0.4) is 0 Å². The van der Waals surface area contributed by atoms with E-state index in [1.165, 1.54) is 5.56 Å². The van der Waals surface area contributed by atoms with E-state index in [1.54, 1.807) is 4.68 Å². The molecule has 0 fully saturated rings. The van der Waals surface area contributed by atoms with E-state index in [2.05, 4.69) is 28.7 Å². The number of carbonyl (C=O) groups is 1. The molecule has 5 heteroatoms. The topological polar surface area (TPSA) is 59.0 Å². The highest BCUT2D eigenvalue weighted by molar-refractivity contribution is 5.94. The third kappa shape index (κ3) is 2.52. The van der Waals surface area contributed by atoms with Crippen LogP contribution in [-0.2, 0) is 18.3 Å². The van der Waals surface area contributed by atoms with Gasteiger partial charge in [0.05, 0.1) is 12.2 Å². The zero-order chi connectivity index (χ0) is 14.1. The van der Waals surface area contributed by atoms with Crippen molar-refractivity contribution >= 4 is 17.3 Å². The molecule has 20 heavy (non-hydrogen) atoms. The van der Waals surface area contributed by atoms with Crippen molar-refractivity contribution in [2.24, 2.45) is 7.05 Å².